The monoisotopic (exact) mass is 305 g/mol. The molecule has 0 amide bonds. The van der Waals surface area contributed by atoms with Gasteiger partial charge in [-0.05, 0) is 58.6 Å². The van der Waals surface area contributed by atoms with Gasteiger partial charge in [-0.2, -0.15) is 0 Å². The first-order valence-corrected chi connectivity index (χ1v) is 8.46. The Kier molecular flexibility index (Phi) is 3.83. The van der Waals surface area contributed by atoms with E-state index in [0.29, 0.717) is 0 Å². The van der Waals surface area contributed by atoms with Crippen LogP contribution in [0.15, 0.2) is 55.1 Å². The van der Waals surface area contributed by atoms with Gasteiger partial charge in [0.1, 0.15) is 0 Å². The number of hydrogen-bond donors (Lipinski definition) is 1. The van der Waals surface area contributed by atoms with E-state index in [1.165, 1.54) is 29.5 Å². The molecule has 0 spiro atoms. The van der Waals surface area contributed by atoms with Crippen molar-refractivity contribution in [2.75, 3.05) is 5.32 Å². The third-order valence-corrected chi connectivity index (χ3v) is 5.27. The van der Waals surface area contributed by atoms with E-state index in [4.69, 9.17) is 0 Å². The molecule has 0 radical (unpaired) electrons. The molecule has 120 valence electrons. The highest BCUT2D eigenvalue weighted by molar-refractivity contribution is 5.76. The van der Waals surface area contributed by atoms with Crippen LogP contribution in [0.4, 0.5) is 5.69 Å². The highest BCUT2D eigenvalue weighted by atomic mass is 14.9. The standard InChI is InChI=1S/C22H27N/c1-16(23-18-9-7-6-8-10-18)17-11-12-19-20(15-17)22(4,5)14-13-21(19,2)3/h6-12,15,23H,1,13-14H2,2-5H3. The maximum absolute atomic E-state index is 4.24. The molecule has 1 nitrogen and oxygen atoms in total. The summed E-state index contributed by atoms with van der Waals surface area (Å²) in [5, 5.41) is 3.42. The molecule has 1 aliphatic rings. The van der Waals surface area contributed by atoms with Crippen LogP contribution < -0.4 is 5.32 Å². The molecule has 0 fully saturated rings. The Bertz CT molecular complexity index is 723. The van der Waals surface area contributed by atoms with E-state index in [1.54, 1.807) is 0 Å². The summed E-state index contributed by atoms with van der Waals surface area (Å²) in [6.07, 6.45) is 2.48. The van der Waals surface area contributed by atoms with Gasteiger partial charge in [-0.25, -0.2) is 0 Å². The number of hydrogen-bond acceptors (Lipinski definition) is 1. The second kappa shape index (κ2) is 5.56. The summed E-state index contributed by atoms with van der Waals surface area (Å²) in [5.74, 6) is 0. The summed E-state index contributed by atoms with van der Waals surface area (Å²) in [6.45, 7) is 13.7. The fourth-order valence-electron chi connectivity index (χ4n) is 3.54. The van der Waals surface area contributed by atoms with Crippen LogP contribution >= 0.6 is 0 Å². The van der Waals surface area contributed by atoms with Crippen molar-refractivity contribution in [2.24, 2.45) is 0 Å². The third kappa shape index (κ3) is 3.06. The molecule has 0 heterocycles. The van der Waals surface area contributed by atoms with Gasteiger partial charge in [-0.3, -0.25) is 0 Å². The molecule has 2 aromatic carbocycles. The first-order valence-electron chi connectivity index (χ1n) is 8.46. The number of fused-ring (bicyclic) bond motifs is 1. The zero-order chi connectivity index (χ0) is 16.7. The van der Waals surface area contributed by atoms with E-state index >= 15 is 0 Å². The minimum atomic E-state index is 0.230. The van der Waals surface area contributed by atoms with Crippen LogP contribution in [0, 0.1) is 0 Å². The Morgan fingerprint density at radius 2 is 1.48 bits per heavy atom. The molecule has 3 rings (SSSR count). The lowest BCUT2D eigenvalue weighted by Gasteiger charge is -2.42. The first kappa shape index (κ1) is 15.9. The van der Waals surface area contributed by atoms with Crippen molar-refractivity contribution < 1.29 is 0 Å². The normalized spacial score (nSPS) is 18.1. The SMILES string of the molecule is C=C(Nc1ccccc1)c1ccc2c(c1)C(C)(C)CCC2(C)C. The van der Waals surface area contributed by atoms with Crippen LogP contribution in [0.3, 0.4) is 0 Å². The van der Waals surface area contributed by atoms with E-state index in [2.05, 4.69) is 69.9 Å². The Morgan fingerprint density at radius 3 is 2.13 bits per heavy atom. The van der Waals surface area contributed by atoms with Crippen molar-refractivity contribution in [1.29, 1.82) is 0 Å². The molecule has 0 atom stereocenters. The predicted molar refractivity (Wildman–Crippen MR) is 101 cm³/mol. The molecule has 1 N–H and O–H groups in total. The lowest BCUT2D eigenvalue weighted by molar-refractivity contribution is 0.332. The van der Waals surface area contributed by atoms with E-state index in [1.807, 2.05) is 18.2 Å². The first-order chi connectivity index (χ1) is 10.8. The van der Waals surface area contributed by atoms with Crippen LogP contribution in [0.5, 0.6) is 0 Å². The van der Waals surface area contributed by atoms with Gasteiger partial charge in [0, 0.05) is 11.4 Å². The fraction of sp³-hybridized carbons (Fsp3) is 0.364. The summed E-state index contributed by atoms with van der Waals surface area (Å²) < 4.78 is 0. The number of benzene rings is 2. The van der Waals surface area contributed by atoms with Gasteiger partial charge in [-0.15, -0.1) is 0 Å². The molecule has 1 heteroatoms. The van der Waals surface area contributed by atoms with Crippen molar-refractivity contribution in [1.82, 2.24) is 0 Å². The number of anilines is 1. The average Bonchev–Trinajstić information content (AvgIpc) is 2.52. The maximum atomic E-state index is 4.24. The number of rotatable bonds is 3. The zero-order valence-corrected chi connectivity index (χ0v) is 14.7. The number of nitrogens with one attached hydrogen (secondary N) is 1. The quantitative estimate of drug-likeness (QED) is 0.720. The molecule has 23 heavy (non-hydrogen) atoms. The van der Waals surface area contributed by atoms with E-state index in [0.717, 1.165) is 11.4 Å². The predicted octanol–water partition coefficient (Wildman–Crippen LogP) is 6.12. The van der Waals surface area contributed by atoms with Crippen LogP contribution in [0.1, 0.15) is 57.2 Å². The molecule has 0 aliphatic heterocycles. The third-order valence-electron chi connectivity index (χ3n) is 5.27. The summed E-state index contributed by atoms with van der Waals surface area (Å²) >= 11 is 0. The fourth-order valence-corrected chi connectivity index (χ4v) is 3.54. The maximum Gasteiger partial charge on any atom is 0.0384 e. The van der Waals surface area contributed by atoms with E-state index < -0.39 is 0 Å². The van der Waals surface area contributed by atoms with Gasteiger partial charge < -0.3 is 5.32 Å². The van der Waals surface area contributed by atoms with Crippen molar-refractivity contribution in [3.8, 4) is 0 Å². The summed E-state index contributed by atoms with van der Waals surface area (Å²) in [7, 11) is 0. The Morgan fingerprint density at radius 1 is 0.870 bits per heavy atom. The Hall–Kier alpha value is -2.02. The van der Waals surface area contributed by atoms with Gasteiger partial charge >= 0.3 is 0 Å². The van der Waals surface area contributed by atoms with E-state index in [9.17, 15) is 0 Å². The molecule has 0 aromatic heterocycles. The molecule has 0 bridgehead atoms. The minimum absolute atomic E-state index is 0.230. The summed E-state index contributed by atoms with van der Waals surface area (Å²) in [6, 6.07) is 17.1. The van der Waals surface area contributed by atoms with Gasteiger partial charge in [0.05, 0.1) is 0 Å². The zero-order valence-electron chi connectivity index (χ0n) is 14.7. The lowest BCUT2D eigenvalue weighted by Crippen LogP contribution is -2.33. The van der Waals surface area contributed by atoms with Crippen molar-refractivity contribution >= 4 is 11.4 Å². The Labute approximate surface area is 140 Å². The highest BCUT2D eigenvalue weighted by Crippen LogP contribution is 2.46. The largest absolute Gasteiger partial charge is 0.356 e. The lowest BCUT2D eigenvalue weighted by atomic mass is 9.63. The average molecular weight is 305 g/mol. The topological polar surface area (TPSA) is 12.0 Å². The summed E-state index contributed by atoms with van der Waals surface area (Å²) in [5.41, 5.74) is 6.67. The molecule has 0 saturated heterocycles. The molecular weight excluding hydrogens is 278 g/mol. The number of para-hydroxylation sites is 1. The van der Waals surface area contributed by atoms with Crippen LogP contribution in [-0.2, 0) is 10.8 Å². The molecular formula is C22H27N. The second-order valence-corrected chi connectivity index (χ2v) is 8.00. The molecule has 1 aliphatic carbocycles. The smallest absolute Gasteiger partial charge is 0.0384 e. The van der Waals surface area contributed by atoms with Crippen molar-refractivity contribution in [3.05, 3.63) is 71.8 Å². The molecule has 0 saturated carbocycles. The van der Waals surface area contributed by atoms with Gasteiger partial charge in [0.2, 0.25) is 0 Å². The molecule has 0 unspecified atom stereocenters. The second-order valence-electron chi connectivity index (χ2n) is 8.00. The Balaban J connectivity index is 1.95. The van der Waals surface area contributed by atoms with Crippen molar-refractivity contribution in [2.45, 2.75) is 51.4 Å². The molecule has 2 aromatic rings. The van der Waals surface area contributed by atoms with Crippen LogP contribution in [-0.4, -0.2) is 0 Å². The van der Waals surface area contributed by atoms with E-state index in [-0.39, 0.29) is 10.8 Å². The minimum Gasteiger partial charge on any atom is -0.356 e. The van der Waals surface area contributed by atoms with Gasteiger partial charge in [0.15, 0.2) is 0 Å². The van der Waals surface area contributed by atoms with Crippen LogP contribution in [0.2, 0.25) is 0 Å². The van der Waals surface area contributed by atoms with Gasteiger partial charge in [0.25, 0.3) is 0 Å². The highest BCUT2D eigenvalue weighted by Gasteiger charge is 2.36. The van der Waals surface area contributed by atoms with Crippen LogP contribution in [0.25, 0.3) is 5.70 Å². The van der Waals surface area contributed by atoms with Gasteiger partial charge in [-0.1, -0.05) is 64.6 Å². The summed E-state index contributed by atoms with van der Waals surface area (Å²) in [4.78, 5) is 0. The van der Waals surface area contributed by atoms with Crippen molar-refractivity contribution in [3.63, 3.8) is 0 Å².